The summed E-state index contributed by atoms with van der Waals surface area (Å²) in [4.78, 5) is 26.6. The van der Waals surface area contributed by atoms with Gasteiger partial charge in [0.25, 0.3) is 0 Å². The van der Waals surface area contributed by atoms with E-state index in [-0.39, 0.29) is 5.78 Å². The smallest absolute Gasteiger partial charge is 0.340 e. The van der Waals surface area contributed by atoms with E-state index in [0.29, 0.717) is 36.1 Å². The van der Waals surface area contributed by atoms with Crippen molar-refractivity contribution < 1.29 is 19.1 Å². The number of ketones is 1. The minimum Gasteiger partial charge on any atom is -0.497 e. The van der Waals surface area contributed by atoms with Gasteiger partial charge in [-0.2, -0.15) is 0 Å². The fraction of sp³-hybridized carbons (Fsp3) is 0.333. The van der Waals surface area contributed by atoms with Gasteiger partial charge in [0.05, 0.1) is 12.7 Å². The first kappa shape index (κ1) is 18.1. The molecule has 0 amide bonds. The lowest BCUT2D eigenvalue weighted by Crippen LogP contribution is -2.40. The Kier molecular flexibility index (Phi) is 4.10. The molecule has 0 unspecified atom stereocenters. The van der Waals surface area contributed by atoms with Gasteiger partial charge in [0.2, 0.25) is 0 Å². The lowest BCUT2D eigenvalue weighted by atomic mass is 9.82. The topological polar surface area (TPSA) is 64.6 Å². The van der Waals surface area contributed by atoms with Crippen molar-refractivity contribution in [1.82, 2.24) is 5.32 Å². The number of carbonyl (C=O) groups is 2. The molecule has 1 fully saturated rings. The maximum atomic E-state index is 13.6. The molecule has 29 heavy (non-hydrogen) atoms. The molecule has 2 aromatic carbocycles. The number of esters is 1. The third-order valence-corrected chi connectivity index (χ3v) is 6.50. The summed E-state index contributed by atoms with van der Waals surface area (Å²) in [5.41, 5.74) is 4.89. The van der Waals surface area contributed by atoms with Gasteiger partial charge in [0.1, 0.15) is 11.4 Å². The summed E-state index contributed by atoms with van der Waals surface area (Å²) in [5.74, 6) is 0.0653. The summed E-state index contributed by atoms with van der Waals surface area (Å²) in [6.07, 6.45) is 1.97. The summed E-state index contributed by atoms with van der Waals surface area (Å²) in [5, 5.41) is 3.31. The van der Waals surface area contributed by atoms with Crippen molar-refractivity contribution in [1.29, 1.82) is 0 Å². The molecule has 2 aromatic rings. The van der Waals surface area contributed by atoms with E-state index in [2.05, 4.69) is 5.32 Å². The van der Waals surface area contributed by atoms with E-state index in [0.717, 1.165) is 40.9 Å². The van der Waals surface area contributed by atoms with Crippen LogP contribution < -0.4 is 10.1 Å². The molecule has 3 aliphatic rings. The highest BCUT2D eigenvalue weighted by Gasteiger charge is 2.48. The van der Waals surface area contributed by atoms with Gasteiger partial charge in [-0.05, 0) is 48.8 Å². The van der Waals surface area contributed by atoms with E-state index in [4.69, 9.17) is 9.47 Å². The van der Waals surface area contributed by atoms with Crippen LogP contribution in [0.2, 0.25) is 0 Å². The first-order chi connectivity index (χ1) is 14.0. The van der Waals surface area contributed by atoms with Crippen LogP contribution in [0.5, 0.6) is 5.75 Å². The predicted octanol–water partition coefficient (Wildman–Crippen LogP) is 3.66. The van der Waals surface area contributed by atoms with Gasteiger partial charge >= 0.3 is 5.97 Å². The fourth-order valence-corrected chi connectivity index (χ4v) is 4.92. The van der Waals surface area contributed by atoms with Gasteiger partial charge in [0, 0.05) is 36.0 Å². The number of methoxy groups -OCH3 is 1. The predicted molar refractivity (Wildman–Crippen MR) is 109 cm³/mol. The highest BCUT2D eigenvalue weighted by Crippen LogP contribution is 2.46. The van der Waals surface area contributed by atoms with Crippen molar-refractivity contribution in [3.63, 3.8) is 0 Å². The molecule has 2 aliphatic heterocycles. The molecule has 1 N–H and O–H groups in total. The number of ether oxygens (including phenoxy) is 2. The SMILES string of the molecule is COc1cc(C(=O)C2=C(C)c3ccccc3C2)c2c(c1)C1(CCNCC1)OC2=O. The maximum Gasteiger partial charge on any atom is 0.340 e. The van der Waals surface area contributed by atoms with Gasteiger partial charge in [0.15, 0.2) is 5.78 Å². The molecule has 1 spiro atoms. The van der Waals surface area contributed by atoms with E-state index < -0.39 is 11.6 Å². The Bertz CT molecular complexity index is 1080. The third-order valence-electron chi connectivity index (χ3n) is 6.50. The van der Waals surface area contributed by atoms with Crippen molar-refractivity contribution >= 4 is 17.3 Å². The molecule has 5 heteroatoms. The molecule has 5 rings (SSSR count). The number of benzene rings is 2. The zero-order valence-electron chi connectivity index (χ0n) is 16.6. The molecule has 2 heterocycles. The number of Topliss-reactive ketones (excluding diaryl/α,β-unsaturated/α-hetero) is 1. The third kappa shape index (κ3) is 2.64. The molecule has 0 atom stereocenters. The number of piperidine rings is 1. The average Bonchev–Trinajstić information content (AvgIpc) is 3.22. The lowest BCUT2D eigenvalue weighted by molar-refractivity contribution is -0.0242. The van der Waals surface area contributed by atoms with Crippen molar-refractivity contribution in [3.05, 3.63) is 69.8 Å². The molecular weight excluding hydrogens is 366 g/mol. The van der Waals surface area contributed by atoms with Crippen LogP contribution >= 0.6 is 0 Å². The van der Waals surface area contributed by atoms with Crippen LogP contribution in [-0.4, -0.2) is 32.0 Å². The van der Waals surface area contributed by atoms with Gasteiger partial charge in [-0.15, -0.1) is 0 Å². The number of nitrogens with one attached hydrogen (secondary N) is 1. The molecular formula is C24H23NO4. The Hall–Kier alpha value is -2.92. The summed E-state index contributed by atoms with van der Waals surface area (Å²) in [6.45, 7) is 3.52. The van der Waals surface area contributed by atoms with Gasteiger partial charge < -0.3 is 14.8 Å². The molecule has 5 nitrogen and oxygen atoms in total. The van der Waals surface area contributed by atoms with Crippen molar-refractivity contribution in [2.45, 2.75) is 31.8 Å². The van der Waals surface area contributed by atoms with Gasteiger partial charge in [-0.25, -0.2) is 4.79 Å². The highest BCUT2D eigenvalue weighted by molar-refractivity contribution is 6.19. The second-order valence-corrected chi connectivity index (χ2v) is 8.00. The highest BCUT2D eigenvalue weighted by atomic mass is 16.6. The van der Waals surface area contributed by atoms with Crippen LogP contribution in [0, 0.1) is 0 Å². The lowest BCUT2D eigenvalue weighted by Gasteiger charge is -2.33. The Morgan fingerprint density at radius 3 is 2.66 bits per heavy atom. The minimum atomic E-state index is -0.663. The van der Waals surface area contributed by atoms with Crippen molar-refractivity contribution in [2.75, 3.05) is 20.2 Å². The fourth-order valence-electron chi connectivity index (χ4n) is 4.92. The first-order valence-electron chi connectivity index (χ1n) is 10.0. The van der Waals surface area contributed by atoms with E-state index in [9.17, 15) is 9.59 Å². The van der Waals surface area contributed by atoms with E-state index in [1.165, 1.54) is 0 Å². The van der Waals surface area contributed by atoms with Crippen molar-refractivity contribution in [3.8, 4) is 5.75 Å². The average molecular weight is 389 g/mol. The van der Waals surface area contributed by atoms with Crippen LogP contribution in [0.25, 0.3) is 5.57 Å². The normalized spacial score (nSPS) is 19.2. The van der Waals surface area contributed by atoms with Crippen LogP contribution in [0.1, 0.15) is 57.2 Å². The molecule has 0 saturated carbocycles. The number of fused-ring (bicyclic) bond motifs is 3. The monoisotopic (exact) mass is 389 g/mol. The van der Waals surface area contributed by atoms with Crippen LogP contribution in [-0.2, 0) is 16.8 Å². The number of rotatable bonds is 3. The second kappa shape index (κ2) is 6.56. The standard InChI is InChI=1S/C24H23NO4/c1-14-17-6-4-3-5-15(17)11-18(14)22(26)19-12-16(28-2)13-20-21(19)23(27)29-24(20)7-9-25-10-8-24/h3-6,12-13,25H,7-11H2,1-2H3. The zero-order valence-corrected chi connectivity index (χ0v) is 16.6. The molecule has 0 aromatic heterocycles. The Balaban J connectivity index is 1.65. The van der Waals surface area contributed by atoms with Crippen LogP contribution in [0.3, 0.4) is 0 Å². The summed E-state index contributed by atoms with van der Waals surface area (Å²) < 4.78 is 11.4. The Morgan fingerprint density at radius 2 is 1.93 bits per heavy atom. The Labute approximate surface area is 169 Å². The molecule has 0 radical (unpaired) electrons. The minimum absolute atomic E-state index is 0.114. The van der Waals surface area contributed by atoms with Crippen molar-refractivity contribution in [2.24, 2.45) is 0 Å². The Morgan fingerprint density at radius 1 is 1.17 bits per heavy atom. The number of allylic oxidation sites excluding steroid dienone is 2. The van der Waals surface area contributed by atoms with Gasteiger partial charge in [-0.3, -0.25) is 4.79 Å². The summed E-state index contributed by atoms with van der Waals surface area (Å²) >= 11 is 0. The van der Waals surface area contributed by atoms with E-state index in [1.54, 1.807) is 13.2 Å². The van der Waals surface area contributed by atoms with Crippen LogP contribution in [0.4, 0.5) is 0 Å². The molecule has 1 aliphatic carbocycles. The molecule has 1 saturated heterocycles. The summed E-state index contributed by atoms with van der Waals surface area (Å²) in [7, 11) is 1.58. The summed E-state index contributed by atoms with van der Waals surface area (Å²) in [6, 6.07) is 11.6. The second-order valence-electron chi connectivity index (χ2n) is 8.00. The number of carbonyl (C=O) groups excluding carboxylic acids is 2. The number of hydrogen-bond acceptors (Lipinski definition) is 5. The quantitative estimate of drug-likeness (QED) is 0.641. The maximum absolute atomic E-state index is 13.6. The van der Waals surface area contributed by atoms with Gasteiger partial charge in [-0.1, -0.05) is 24.3 Å². The zero-order chi connectivity index (χ0) is 20.2. The molecule has 148 valence electrons. The largest absolute Gasteiger partial charge is 0.497 e. The van der Waals surface area contributed by atoms with E-state index >= 15 is 0 Å². The number of hydrogen-bond donors (Lipinski definition) is 1. The molecule has 0 bridgehead atoms. The van der Waals surface area contributed by atoms with Crippen LogP contribution in [0.15, 0.2) is 42.0 Å². The first-order valence-corrected chi connectivity index (χ1v) is 10.0. The van der Waals surface area contributed by atoms with E-state index in [1.807, 2.05) is 37.3 Å².